The van der Waals surface area contributed by atoms with Gasteiger partial charge in [0.15, 0.2) is 5.78 Å². The van der Waals surface area contributed by atoms with E-state index in [4.69, 9.17) is 0 Å². The lowest BCUT2D eigenvalue weighted by Crippen LogP contribution is -2.18. The Morgan fingerprint density at radius 3 is 2.35 bits per heavy atom. The molecule has 1 unspecified atom stereocenters. The summed E-state index contributed by atoms with van der Waals surface area (Å²) in [5.74, 6) is -0.839. The predicted octanol–water partition coefficient (Wildman–Crippen LogP) is 5.78. The highest BCUT2D eigenvalue weighted by Gasteiger charge is 2.32. The summed E-state index contributed by atoms with van der Waals surface area (Å²) in [5, 5.41) is 0. The van der Waals surface area contributed by atoms with E-state index in [0.29, 0.717) is 18.4 Å². The van der Waals surface area contributed by atoms with Crippen LogP contribution in [0.2, 0.25) is 0 Å². The molecule has 0 N–H and O–H groups in total. The molecule has 20 heavy (non-hydrogen) atoms. The van der Waals surface area contributed by atoms with Gasteiger partial charge >= 0.3 is 6.18 Å². The van der Waals surface area contributed by atoms with E-state index >= 15 is 0 Å². The van der Waals surface area contributed by atoms with Gasteiger partial charge in [-0.25, -0.2) is 0 Å². The van der Waals surface area contributed by atoms with Crippen LogP contribution >= 0.6 is 15.9 Å². The fourth-order valence-electron chi connectivity index (χ4n) is 2.11. The van der Waals surface area contributed by atoms with Crippen LogP contribution in [0.4, 0.5) is 13.2 Å². The molecule has 0 aliphatic carbocycles. The molecule has 1 nitrogen and oxygen atoms in total. The molecule has 0 bridgehead atoms. The molecule has 0 aromatic heterocycles. The van der Waals surface area contributed by atoms with Crippen molar-refractivity contribution in [2.75, 3.05) is 0 Å². The lowest BCUT2D eigenvalue weighted by molar-refractivity contribution is -0.144. The van der Waals surface area contributed by atoms with Crippen LogP contribution in [0.15, 0.2) is 28.7 Å². The molecule has 0 radical (unpaired) electrons. The van der Waals surface area contributed by atoms with E-state index in [9.17, 15) is 18.0 Å². The number of hydrogen-bond donors (Lipinski definition) is 0. The van der Waals surface area contributed by atoms with E-state index in [1.807, 2.05) is 6.92 Å². The van der Waals surface area contributed by atoms with Crippen LogP contribution in [-0.2, 0) is 0 Å². The molecule has 1 atom stereocenters. The minimum absolute atomic E-state index is 0.0405. The normalized spacial score (nSPS) is 13.2. The van der Waals surface area contributed by atoms with Crippen molar-refractivity contribution in [3.8, 4) is 0 Å². The number of unbranched alkanes of at least 4 members (excludes halogenated alkanes) is 1. The summed E-state index contributed by atoms with van der Waals surface area (Å²) < 4.78 is 38.4. The van der Waals surface area contributed by atoms with Crippen molar-refractivity contribution < 1.29 is 18.0 Å². The number of Topliss-reactive ketones (excluding diaryl/α,β-unsaturated/α-hetero) is 1. The summed E-state index contributed by atoms with van der Waals surface area (Å²) in [4.78, 5) is 12.0. The predicted molar refractivity (Wildman–Crippen MR) is 76.8 cm³/mol. The molecule has 0 aliphatic heterocycles. The Kier molecular flexibility index (Phi) is 6.72. The molecule has 0 aliphatic rings. The standard InChI is InChI=1S/C15H18BrF3O/c1-2-3-4-11(10-15(17,18)19)9-14(20)12-5-7-13(16)8-6-12/h5-8,11H,2-4,9-10H2,1H3. The van der Waals surface area contributed by atoms with E-state index in [0.717, 1.165) is 10.9 Å². The molecule has 0 spiro atoms. The first-order chi connectivity index (χ1) is 9.31. The highest BCUT2D eigenvalue weighted by Crippen LogP contribution is 2.30. The first-order valence-electron chi connectivity index (χ1n) is 6.67. The van der Waals surface area contributed by atoms with Gasteiger partial charge in [-0.2, -0.15) is 13.2 Å². The first kappa shape index (κ1) is 17.2. The zero-order chi connectivity index (χ0) is 15.2. The van der Waals surface area contributed by atoms with Crippen molar-refractivity contribution >= 4 is 21.7 Å². The third-order valence-electron chi connectivity index (χ3n) is 3.13. The van der Waals surface area contributed by atoms with Gasteiger partial charge in [-0.05, 0) is 24.5 Å². The van der Waals surface area contributed by atoms with Crippen molar-refractivity contribution in [2.45, 2.75) is 45.2 Å². The number of benzene rings is 1. The van der Waals surface area contributed by atoms with Crippen LogP contribution in [0.5, 0.6) is 0 Å². The average Bonchev–Trinajstić information content (AvgIpc) is 2.35. The van der Waals surface area contributed by atoms with Crippen LogP contribution in [0.3, 0.4) is 0 Å². The van der Waals surface area contributed by atoms with Crippen LogP contribution in [0.1, 0.15) is 49.4 Å². The monoisotopic (exact) mass is 350 g/mol. The summed E-state index contributed by atoms with van der Waals surface area (Å²) in [7, 11) is 0. The van der Waals surface area contributed by atoms with Gasteiger partial charge in [0.1, 0.15) is 0 Å². The maximum atomic E-state index is 12.5. The van der Waals surface area contributed by atoms with Crippen molar-refractivity contribution in [1.82, 2.24) is 0 Å². The lowest BCUT2D eigenvalue weighted by Gasteiger charge is -2.17. The van der Waals surface area contributed by atoms with Crippen molar-refractivity contribution in [3.63, 3.8) is 0 Å². The first-order valence-corrected chi connectivity index (χ1v) is 7.46. The highest BCUT2D eigenvalue weighted by atomic mass is 79.9. The largest absolute Gasteiger partial charge is 0.389 e. The molecule has 0 saturated carbocycles. The van der Waals surface area contributed by atoms with Crippen LogP contribution in [0.25, 0.3) is 0 Å². The van der Waals surface area contributed by atoms with Gasteiger partial charge in [-0.15, -0.1) is 0 Å². The number of hydrogen-bond acceptors (Lipinski definition) is 1. The third-order valence-corrected chi connectivity index (χ3v) is 3.65. The van der Waals surface area contributed by atoms with Crippen LogP contribution in [-0.4, -0.2) is 12.0 Å². The minimum atomic E-state index is -4.21. The Bertz CT molecular complexity index is 426. The van der Waals surface area contributed by atoms with Crippen molar-refractivity contribution in [1.29, 1.82) is 0 Å². The SMILES string of the molecule is CCCCC(CC(=O)c1ccc(Br)cc1)CC(F)(F)F. The van der Waals surface area contributed by atoms with Gasteiger partial charge in [-0.1, -0.05) is 47.8 Å². The summed E-state index contributed by atoms with van der Waals surface area (Å²) in [6, 6.07) is 6.71. The molecule has 0 fully saturated rings. The molecule has 0 heterocycles. The molecule has 1 aromatic carbocycles. The molecule has 1 aromatic rings. The summed E-state index contributed by atoms with van der Waals surface area (Å²) in [6.07, 6.45) is -3.14. The van der Waals surface area contributed by atoms with E-state index < -0.39 is 18.5 Å². The number of halogens is 4. The molecule has 0 amide bonds. The van der Waals surface area contributed by atoms with Crippen LogP contribution in [0, 0.1) is 5.92 Å². The second-order valence-corrected chi connectivity index (χ2v) is 5.88. The number of carbonyl (C=O) groups is 1. The van der Waals surface area contributed by atoms with Gasteiger partial charge in [0, 0.05) is 22.9 Å². The minimum Gasteiger partial charge on any atom is -0.294 e. The molecule has 1 rings (SSSR count). The average molecular weight is 351 g/mol. The molecule has 5 heteroatoms. The zero-order valence-corrected chi connectivity index (χ0v) is 12.9. The maximum absolute atomic E-state index is 12.5. The highest BCUT2D eigenvalue weighted by molar-refractivity contribution is 9.10. The number of ketones is 1. The lowest BCUT2D eigenvalue weighted by atomic mass is 9.91. The number of alkyl halides is 3. The Hall–Kier alpha value is -0.840. The molecule has 112 valence electrons. The topological polar surface area (TPSA) is 17.1 Å². The quantitative estimate of drug-likeness (QED) is 0.569. The Morgan fingerprint density at radius 1 is 1.25 bits per heavy atom. The maximum Gasteiger partial charge on any atom is 0.389 e. The van der Waals surface area contributed by atoms with E-state index in [2.05, 4.69) is 15.9 Å². The second-order valence-electron chi connectivity index (χ2n) is 4.96. The van der Waals surface area contributed by atoms with E-state index in [1.54, 1.807) is 24.3 Å². The Morgan fingerprint density at radius 2 is 1.85 bits per heavy atom. The second kappa shape index (κ2) is 7.81. The van der Waals surface area contributed by atoms with Crippen molar-refractivity contribution in [3.05, 3.63) is 34.3 Å². The van der Waals surface area contributed by atoms with Gasteiger partial charge in [0.05, 0.1) is 0 Å². The Balaban J connectivity index is 2.67. The molecule has 0 saturated heterocycles. The third kappa shape index (κ3) is 6.55. The fourth-order valence-corrected chi connectivity index (χ4v) is 2.38. The summed E-state index contributed by atoms with van der Waals surface area (Å²) in [6.45, 7) is 1.93. The fraction of sp³-hybridized carbons (Fsp3) is 0.533. The summed E-state index contributed by atoms with van der Waals surface area (Å²) in [5.41, 5.74) is 0.469. The number of carbonyl (C=O) groups excluding carboxylic acids is 1. The van der Waals surface area contributed by atoms with Gasteiger partial charge < -0.3 is 0 Å². The smallest absolute Gasteiger partial charge is 0.294 e. The van der Waals surface area contributed by atoms with Gasteiger partial charge in [0.25, 0.3) is 0 Å². The van der Waals surface area contributed by atoms with Gasteiger partial charge in [-0.3, -0.25) is 4.79 Å². The van der Waals surface area contributed by atoms with Crippen molar-refractivity contribution in [2.24, 2.45) is 5.92 Å². The molecular formula is C15H18BrF3O. The summed E-state index contributed by atoms with van der Waals surface area (Å²) >= 11 is 3.26. The van der Waals surface area contributed by atoms with Crippen LogP contribution < -0.4 is 0 Å². The van der Waals surface area contributed by atoms with E-state index in [-0.39, 0.29) is 12.2 Å². The number of rotatable bonds is 7. The molecular weight excluding hydrogens is 333 g/mol. The Labute approximate surface area is 125 Å². The van der Waals surface area contributed by atoms with E-state index in [1.165, 1.54) is 0 Å². The van der Waals surface area contributed by atoms with Gasteiger partial charge in [0.2, 0.25) is 0 Å². The zero-order valence-electron chi connectivity index (χ0n) is 11.3.